The molecule has 0 radical (unpaired) electrons. The van der Waals surface area contributed by atoms with E-state index in [1.807, 2.05) is 19.2 Å². The van der Waals surface area contributed by atoms with Crippen LogP contribution in [-0.4, -0.2) is 35.7 Å². The summed E-state index contributed by atoms with van der Waals surface area (Å²) in [5.41, 5.74) is 4.21. The van der Waals surface area contributed by atoms with E-state index in [1.165, 1.54) is 5.56 Å². The van der Waals surface area contributed by atoms with Gasteiger partial charge in [0.25, 0.3) is 5.56 Å². The van der Waals surface area contributed by atoms with Crippen molar-refractivity contribution in [2.45, 2.75) is 26.2 Å². The number of benzene rings is 1. The molecule has 1 aromatic carbocycles. The number of pyridine rings is 1. The molecule has 0 amide bonds. The van der Waals surface area contributed by atoms with E-state index in [4.69, 9.17) is 9.72 Å². The SMILES string of the molecule is Cc1cc(C(C)Cc2ccccc2)c2nc(N3CCOCC3)cc(=O)n2c1. The van der Waals surface area contributed by atoms with E-state index in [0.29, 0.717) is 13.2 Å². The molecular formula is C22H25N3O2. The van der Waals surface area contributed by atoms with Gasteiger partial charge in [0.1, 0.15) is 11.5 Å². The number of aryl methyl sites for hydroxylation is 1. The van der Waals surface area contributed by atoms with Gasteiger partial charge in [0.15, 0.2) is 0 Å². The van der Waals surface area contributed by atoms with E-state index in [9.17, 15) is 4.79 Å². The molecule has 4 rings (SSSR count). The molecule has 1 aliphatic rings. The molecule has 0 spiro atoms. The van der Waals surface area contributed by atoms with Gasteiger partial charge >= 0.3 is 0 Å². The predicted molar refractivity (Wildman–Crippen MR) is 108 cm³/mol. The minimum Gasteiger partial charge on any atom is -0.378 e. The lowest BCUT2D eigenvalue weighted by molar-refractivity contribution is 0.122. The highest BCUT2D eigenvalue weighted by atomic mass is 16.5. The molecule has 2 aromatic heterocycles. The van der Waals surface area contributed by atoms with E-state index < -0.39 is 0 Å². The van der Waals surface area contributed by atoms with E-state index in [0.717, 1.165) is 42.1 Å². The Hall–Kier alpha value is -2.66. The van der Waals surface area contributed by atoms with Gasteiger partial charge in [-0.05, 0) is 36.0 Å². The van der Waals surface area contributed by atoms with Crippen molar-refractivity contribution < 1.29 is 4.74 Å². The molecule has 0 aliphatic carbocycles. The number of fused-ring (bicyclic) bond motifs is 1. The minimum absolute atomic E-state index is 0.0293. The molecule has 1 atom stereocenters. The van der Waals surface area contributed by atoms with Crippen LogP contribution in [0.25, 0.3) is 5.65 Å². The molecule has 1 aliphatic heterocycles. The molecular weight excluding hydrogens is 338 g/mol. The van der Waals surface area contributed by atoms with Gasteiger partial charge in [0, 0.05) is 25.4 Å². The Balaban J connectivity index is 1.78. The normalized spacial score (nSPS) is 15.9. The number of ether oxygens (including phenoxy) is 1. The first-order valence-electron chi connectivity index (χ1n) is 9.52. The number of anilines is 1. The van der Waals surface area contributed by atoms with Gasteiger partial charge in [-0.2, -0.15) is 0 Å². The van der Waals surface area contributed by atoms with Crippen LogP contribution >= 0.6 is 0 Å². The molecule has 1 fully saturated rings. The molecule has 5 nitrogen and oxygen atoms in total. The number of aromatic nitrogens is 2. The van der Waals surface area contributed by atoms with Crippen LogP contribution in [0.5, 0.6) is 0 Å². The topological polar surface area (TPSA) is 46.8 Å². The van der Waals surface area contributed by atoms with Crippen molar-refractivity contribution in [3.05, 3.63) is 75.7 Å². The lowest BCUT2D eigenvalue weighted by Crippen LogP contribution is -2.37. The maximum Gasteiger partial charge on any atom is 0.259 e. The average molecular weight is 363 g/mol. The summed E-state index contributed by atoms with van der Waals surface area (Å²) in [6, 6.07) is 14.3. The summed E-state index contributed by atoms with van der Waals surface area (Å²) in [5.74, 6) is 1.01. The largest absolute Gasteiger partial charge is 0.378 e. The molecule has 0 bridgehead atoms. The molecule has 0 saturated carbocycles. The van der Waals surface area contributed by atoms with Crippen molar-refractivity contribution in [3.63, 3.8) is 0 Å². The van der Waals surface area contributed by atoms with Crippen LogP contribution in [0.15, 0.2) is 53.5 Å². The number of nitrogens with zero attached hydrogens (tertiary/aromatic N) is 3. The zero-order valence-corrected chi connectivity index (χ0v) is 15.9. The van der Waals surface area contributed by atoms with Gasteiger partial charge in [0.05, 0.1) is 13.2 Å². The summed E-state index contributed by atoms with van der Waals surface area (Å²) in [5, 5.41) is 0. The van der Waals surface area contributed by atoms with Crippen molar-refractivity contribution in [1.82, 2.24) is 9.38 Å². The van der Waals surface area contributed by atoms with Crippen LogP contribution in [0.3, 0.4) is 0 Å². The first-order chi connectivity index (χ1) is 13.1. The van der Waals surface area contributed by atoms with Crippen molar-refractivity contribution in [3.8, 4) is 0 Å². The van der Waals surface area contributed by atoms with Crippen LogP contribution in [-0.2, 0) is 11.2 Å². The maximum atomic E-state index is 12.8. The Morgan fingerprint density at radius 1 is 1.15 bits per heavy atom. The van der Waals surface area contributed by atoms with Gasteiger partial charge in [-0.15, -0.1) is 0 Å². The molecule has 140 valence electrons. The average Bonchev–Trinajstić information content (AvgIpc) is 2.69. The third-order valence-corrected chi connectivity index (χ3v) is 5.16. The van der Waals surface area contributed by atoms with Crippen molar-refractivity contribution >= 4 is 11.5 Å². The molecule has 27 heavy (non-hydrogen) atoms. The van der Waals surface area contributed by atoms with Crippen molar-refractivity contribution in [1.29, 1.82) is 0 Å². The second kappa shape index (κ2) is 7.53. The maximum absolute atomic E-state index is 12.8. The summed E-state index contributed by atoms with van der Waals surface area (Å²) < 4.78 is 7.12. The van der Waals surface area contributed by atoms with Crippen molar-refractivity contribution in [2.24, 2.45) is 0 Å². The lowest BCUT2D eigenvalue weighted by Gasteiger charge is -2.28. The van der Waals surface area contributed by atoms with Crippen LogP contribution in [0.1, 0.15) is 29.5 Å². The third kappa shape index (κ3) is 3.74. The number of morpholine rings is 1. The highest BCUT2D eigenvalue weighted by molar-refractivity contribution is 5.56. The molecule has 3 heterocycles. The van der Waals surface area contributed by atoms with Gasteiger partial charge in [-0.3, -0.25) is 9.20 Å². The van der Waals surface area contributed by atoms with E-state index in [-0.39, 0.29) is 11.5 Å². The summed E-state index contributed by atoms with van der Waals surface area (Å²) >= 11 is 0. The Labute approximate surface area is 159 Å². The fourth-order valence-electron chi connectivity index (χ4n) is 3.75. The number of hydrogen-bond donors (Lipinski definition) is 0. The zero-order valence-electron chi connectivity index (χ0n) is 15.9. The summed E-state index contributed by atoms with van der Waals surface area (Å²) in [6.45, 7) is 7.11. The fraction of sp³-hybridized carbons (Fsp3) is 0.364. The Morgan fingerprint density at radius 2 is 1.89 bits per heavy atom. The van der Waals surface area contributed by atoms with Crippen LogP contribution < -0.4 is 10.5 Å². The second-order valence-corrected chi connectivity index (χ2v) is 7.31. The standard InChI is InChI=1S/C22H25N3O2/c1-16-12-19(17(2)13-18-6-4-3-5-7-18)22-23-20(14-21(26)25(22)15-16)24-8-10-27-11-9-24/h3-7,12,14-15,17H,8-11,13H2,1-2H3. The first-order valence-corrected chi connectivity index (χ1v) is 9.52. The van der Waals surface area contributed by atoms with Crippen LogP contribution in [0.4, 0.5) is 5.82 Å². The van der Waals surface area contributed by atoms with E-state index >= 15 is 0 Å². The molecule has 5 heteroatoms. The Morgan fingerprint density at radius 3 is 2.63 bits per heavy atom. The molecule has 0 N–H and O–H groups in total. The number of hydrogen-bond acceptors (Lipinski definition) is 4. The first kappa shape index (κ1) is 17.7. The summed E-state index contributed by atoms with van der Waals surface area (Å²) in [6.07, 6.45) is 2.80. The molecule has 1 saturated heterocycles. The van der Waals surface area contributed by atoms with E-state index in [1.54, 1.807) is 10.5 Å². The second-order valence-electron chi connectivity index (χ2n) is 7.31. The highest BCUT2D eigenvalue weighted by Gasteiger charge is 2.18. The van der Waals surface area contributed by atoms with Crippen molar-refractivity contribution in [2.75, 3.05) is 31.2 Å². The Bertz CT molecular complexity index is 992. The third-order valence-electron chi connectivity index (χ3n) is 5.16. The smallest absolute Gasteiger partial charge is 0.259 e. The zero-order chi connectivity index (χ0) is 18.8. The van der Waals surface area contributed by atoms with E-state index in [2.05, 4.69) is 42.2 Å². The van der Waals surface area contributed by atoms with Gasteiger partial charge in [-0.1, -0.05) is 43.3 Å². The summed E-state index contributed by atoms with van der Waals surface area (Å²) in [7, 11) is 0. The lowest BCUT2D eigenvalue weighted by atomic mass is 9.93. The van der Waals surface area contributed by atoms with Gasteiger partial charge in [-0.25, -0.2) is 4.98 Å². The van der Waals surface area contributed by atoms with Crippen LogP contribution in [0.2, 0.25) is 0 Å². The van der Waals surface area contributed by atoms with Crippen LogP contribution in [0, 0.1) is 6.92 Å². The van der Waals surface area contributed by atoms with Gasteiger partial charge < -0.3 is 9.64 Å². The molecule has 1 unspecified atom stereocenters. The molecule has 3 aromatic rings. The highest BCUT2D eigenvalue weighted by Crippen LogP contribution is 2.25. The fourth-order valence-corrected chi connectivity index (χ4v) is 3.75. The van der Waals surface area contributed by atoms with Gasteiger partial charge in [0.2, 0.25) is 0 Å². The predicted octanol–water partition coefficient (Wildman–Crippen LogP) is 3.19. The Kier molecular flexibility index (Phi) is 4.94. The summed E-state index contributed by atoms with van der Waals surface area (Å²) in [4.78, 5) is 19.8. The quantitative estimate of drug-likeness (QED) is 0.714. The monoisotopic (exact) mass is 363 g/mol. The number of rotatable bonds is 4. The minimum atomic E-state index is -0.0293.